The number of hydrogen-bond acceptors (Lipinski definition) is 4. The molecule has 0 saturated carbocycles. The van der Waals surface area contributed by atoms with Crippen LogP contribution in [0.2, 0.25) is 10.0 Å². The van der Waals surface area contributed by atoms with Gasteiger partial charge in [-0.2, -0.15) is 5.10 Å². The number of amides is 1. The minimum absolute atomic E-state index is 0.0578. The third kappa shape index (κ3) is 3.68. The van der Waals surface area contributed by atoms with E-state index in [9.17, 15) is 9.59 Å². The van der Waals surface area contributed by atoms with E-state index >= 15 is 0 Å². The molecule has 1 aromatic heterocycles. The second-order valence-electron chi connectivity index (χ2n) is 4.21. The van der Waals surface area contributed by atoms with Gasteiger partial charge in [-0.3, -0.25) is 9.59 Å². The van der Waals surface area contributed by atoms with Crippen LogP contribution in [0.4, 0.5) is 0 Å². The van der Waals surface area contributed by atoms with E-state index in [-0.39, 0.29) is 28.6 Å². The Balaban J connectivity index is 1.91. The van der Waals surface area contributed by atoms with Gasteiger partial charge in [0.15, 0.2) is 0 Å². The highest BCUT2D eigenvalue weighted by atomic mass is 35.5. The lowest BCUT2D eigenvalue weighted by Crippen LogP contribution is -2.37. The predicted octanol–water partition coefficient (Wildman–Crippen LogP) is 0.845. The van der Waals surface area contributed by atoms with E-state index in [1.54, 1.807) is 0 Å². The van der Waals surface area contributed by atoms with Crippen LogP contribution in [0.5, 0.6) is 0 Å². The zero-order valence-electron chi connectivity index (χ0n) is 10.1. The fourth-order valence-electron chi connectivity index (χ4n) is 1.78. The average molecular weight is 306 g/mol. The molecule has 0 spiro atoms. The van der Waals surface area contributed by atoms with Crippen molar-refractivity contribution in [3.63, 3.8) is 0 Å². The summed E-state index contributed by atoms with van der Waals surface area (Å²) in [5.74, 6) is -0.316. The van der Waals surface area contributed by atoms with Crippen molar-refractivity contribution in [2.75, 3.05) is 13.2 Å². The Bertz CT molecular complexity index is 526. The second-order valence-corrected chi connectivity index (χ2v) is 4.99. The van der Waals surface area contributed by atoms with Crippen molar-refractivity contribution in [1.29, 1.82) is 0 Å². The molecule has 1 aromatic rings. The monoisotopic (exact) mass is 305 g/mol. The highest BCUT2D eigenvalue weighted by Crippen LogP contribution is 2.14. The predicted molar refractivity (Wildman–Crippen MR) is 70.5 cm³/mol. The molecule has 19 heavy (non-hydrogen) atoms. The molecular formula is C11H13Cl2N3O3. The fourth-order valence-corrected chi connectivity index (χ4v) is 2.05. The van der Waals surface area contributed by atoms with Gasteiger partial charge < -0.3 is 10.1 Å². The molecule has 1 amide bonds. The number of aromatic nitrogens is 2. The molecule has 2 heterocycles. The van der Waals surface area contributed by atoms with Crippen LogP contribution in [0.1, 0.15) is 12.8 Å². The molecule has 0 aliphatic carbocycles. The lowest BCUT2D eigenvalue weighted by Gasteiger charge is -2.11. The summed E-state index contributed by atoms with van der Waals surface area (Å²) in [6.07, 6.45) is 3.24. The van der Waals surface area contributed by atoms with Gasteiger partial charge in [0.2, 0.25) is 5.91 Å². The molecular weight excluding hydrogens is 293 g/mol. The maximum Gasteiger partial charge on any atom is 0.287 e. The maximum absolute atomic E-state index is 11.7. The molecule has 0 unspecified atom stereocenters. The van der Waals surface area contributed by atoms with Gasteiger partial charge in [0.05, 0.1) is 17.3 Å². The highest BCUT2D eigenvalue weighted by Gasteiger charge is 2.17. The normalized spacial score (nSPS) is 18.5. The van der Waals surface area contributed by atoms with Gasteiger partial charge in [-0.25, -0.2) is 4.68 Å². The number of rotatable bonds is 4. The van der Waals surface area contributed by atoms with Crippen molar-refractivity contribution in [3.05, 3.63) is 26.6 Å². The van der Waals surface area contributed by atoms with Gasteiger partial charge in [-0.15, -0.1) is 0 Å². The fraction of sp³-hybridized carbons (Fsp3) is 0.545. The van der Waals surface area contributed by atoms with Gasteiger partial charge >= 0.3 is 0 Å². The van der Waals surface area contributed by atoms with Crippen LogP contribution < -0.4 is 10.9 Å². The SMILES string of the molecule is O=C(Cn1ncc(Cl)c(Cl)c1=O)NC[C@H]1CCCO1. The second kappa shape index (κ2) is 6.36. The molecule has 1 atom stereocenters. The number of carbonyl (C=O) groups is 1. The number of nitrogens with one attached hydrogen (secondary N) is 1. The largest absolute Gasteiger partial charge is 0.376 e. The smallest absolute Gasteiger partial charge is 0.287 e. The van der Waals surface area contributed by atoms with Gasteiger partial charge in [0.25, 0.3) is 5.56 Å². The van der Waals surface area contributed by atoms with Crippen LogP contribution in [0.3, 0.4) is 0 Å². The van der Waals surface area contributed by atoms with Crippen molar-refractivity contribution in [1.82, 2.24) is 15.1 Å². The molecule has 1 fully saturated rings. The zero-order chi connectivity index (χ0) is 13.8. The van der Waals surface area contributed by atoms with Crippen molar-refractivity contribution in [2.45, 2.75) is 25.5 Å². The summed E-state index contributed by atoms with van der Waals surface area (Å²) in [6, 6.07) is 0. The summed E-state index contributed by atoms with van der Waals surface area (Å²) in [7, 11) is 0. The van der Waals surface area contributed by atoms with Crippen molar-refractivity contribution < 1.29 is 9.53 Å². The third-order valence-electron chi connectivity index (χ3n) is 2.79. The van der Waals surface area contributed by atoms with E-state index in [0.717, 1.165) is 24.1 Å². The first-order chi connectivity index (χ1) is 9.08. The van der Waals surface area contributed by atoms with E-state index in [1.807, 2.05) is 0 Å². The quantitative estimate of drug-likeness (QED) is 0.895. The maximum atomic E-state index is 11.7. The number of halogens is 2. The lowest BCUT2D eigenvalue weighted by molar-refractivity contribution is -0.122. The van der Waals surface area contributed by atoms with E-state index in [0.29, 0.717) is 6.54 Å². The summed E-state index contributed by atoms with van der Waals surface area (Å²) in [6.45, 7) is 0.978. The first-order valence-electron chi connectivity index (χ1n) is 5.87. The Labute approximate surface area is 119 Å². The Kier molecular flexibility index (Phi) is 4.79. The number of nitrogens with zero attached hydrogens (tertiary/aromatic N) is 2. The summed E-state index contributed by atoms with van der Waals surface area (Å²) < 4.78 is 6.35. The minimum atomic E-state index is -0.582. The summed E-state index contributed by atoms with van der Waals surface area (Å²) in [5, 5.41) is 6.39. The third-order valence-corrected chi connectivity index (χ3v) is 3.54. The van der Waals surface area contributed by atoms with E-state index in [1.165, 1.54) is 6.20 Å². The molecule has 1 saturated heterocycles. The number of ether oxygens (including phenoxy) is 1. The molecule has 0 radical (unpaired) electrons. The topological polar surface area (TPSA) is 73.2 Å². The average Bonchev–Trinajstić information content (AvgIpc) is 2.90. The molecule has 1 aliphatic rings. The van der Waals surface area contributed by atoms with E-state index in [2.05, 4.69) is 10.4 Å². The molecule has 0 aromatic carbocycles. The molecule has 6 nitrogen and oxygen atoms in total. The van der Waals surface area contributed by atoms with E-state index < -0.39 is 5.56 Å². The summed E-state index contributed by atoms with van der Waals surface area (Å²) in [4.78, 5) is 23.3. The van der Waals surface area contributed by atoms with Crippen LogP contribution in [0.25, 0.3) is 0 Å². The Hall–Kier alpha value is -1.11. The van der Waals surface area contributed by atoms with Crippen LogP contribution in [-0.2, 0) is 16.1 Å². The summed E-state index contributed by atoms with van der Waals surface area (Å²) in [5.41, 5.74) is -0.582. The van der Waals surface area contributed by atoms with E-state index in [4.69, 9.17) is 27.9 Å². The Morgan fingerprint density at radius 2 is 2.37 bits per heavy atom. The molecule has 104 valence electrons. The molecule has 2 rings (SSSR count). The standard InChI is InChI=1S/C11H13Cl2N3O3/c12-8-5-15-16(11(18)10(8)13)6-9(17)14-4-7-2-1-3-19-7/h5,7H,1-4,6H2,(H,14,17)/t7-/m1/s1. The van der Waals surface area contributed by atoms with Gasteiger partial charge in [-0.1, -0.05) is 23.2 Å². The Morgan fingerprint density at radius 1 is 1.58 bits per heavy atom. The molecule has 8 heteroatoms. The van der Waals surface area contributed by atoms with Crippen LogP contribution in [0.15, 0.2) is 11.0 Å². The minimum Gasteiger partial charge on any atom is -0.376 e. The van der Waals surface area contributed by atoms with Gasteiger partial charge in [0.1, 0.15) is 11.6 Å². The molecule has 0 bridgehead atoms. The lowest BCUT2D eigenvalue weighted by atomic mass is 10.2. The Morgan fingerprint density at radius 3 is 3.05 bits per heavy atom. The molecule has 1 aliphatic heterocycles. The van der Waals surface area contributed by atoms with Crippen molar-refractivity contribution in [2.24, 2.45) is 0 Å². The first-order valence-corrected chi connectivity index (χ1v) is 6.63. The summed E-state index contributed by atoms with van der Waals surface area (Å²) >= 11 is 11.3. The number of carbonyl (C=O) groups excluding carboxylic acids is 1. The highest BCUT2D eigenvalue weighted by molar-refractivity contribution is 6.41. The van der Waals surface area contributed by atoms with Gasteiger partial charge in [0, 0.05) is 13.2 Å². The first kappa shape index (κ1) is 14.3. The van der Waals surface area contributed by atoms with Crippen molar-refractivity contribution in [3.8, 4) is 0 Å². The van der Waals surface area contributed by atoms with Crippen LogP contribution in [-0.4, -0.2) is 34.9 Å². The van der Waals surface area contributed by atoms with Crippen LogP contribution >= 0.6 is 23.2 Å². The van der Waals surface area contributed by atoms with Crippen molar-refractivity contribution >= 4 is 29.1 Å². The van der Waals surface area contributed by atoms with Crippen LogP contribution in [0, 0.1) is 0 Å². The zero-order valence-corrected chi connectivity index (χ0v) is 11.6. The number of hydrogen-bond donors (Lipinski definition) is 1. The van der Waals surface area contributed by atoms with Gasteiger partial charge in [-0.05, 0) is 12.8 Å². The molecule has 1 N–H and O–H groups in total.